The van der Waals surface area contributed by atoms with Gasteiger partial charge in [-0.3, -0.25) is 0 Å². The van der Waals surface area contributed by atoms with E-state index in [-0.39, 0.29) is 24.0 Å². The predicted molar refractivity (Wildman–Crippen MR) is 165 cm³/mol. The third kappa shape index (κ3) is 8.69. The van der Waals surface area contributed by atoms with Crippen LogP contribution in [-0.2, 0) is 23.7 Å². The number of ether oxygens (including phenoxy) is 7. The maximum absolute atomic E-state index is 13.7. The zero-order valence-electron chi connectivity index (χ0n) is 26.2. The van der Waals surface area contributed by atoms with Crippen molar-refractivity contribution < 1.29 is 42.7 Å². The van der Waals surface area contributed by atoms with E-state index in [1.807, 2.05) is 59.0 Å². The minimum absolute atomic E-state index is 0.0643. The molecule has 1 unspecified atom stereocenters. The molecule has 0 aromatic heterocycles. The molecule has 10 nitrogen and oxygen atoms in total. The highest BCUT2D eigenvalue weighted by molar-refractivity contribution is 5.97. The number of likely N-dealkylation sites (N-methyl/N-ethyl adjacent to an activating group) is 1. The number of fused-ring (bicyclic) bond motifs is 2. The molecule has 0 amide bonds. The first kappa shape index (κ1) is 33.2. The molecule has 5 atom stereocenters. The molecule has 1 N–H and O–H groups in total. The van der Waals surface area contributed by atoms with Gasteiger partial charge in [-0.05, 0) is 64.1 Å². The summed E-state index contributed by atoms with van der Waals surface area (Å²) in [5.74, 6) is -1.35. The summed E-state index contributed by atoms with van der Waals surface area (Å²) in [5, 5.41) is 3.05. The van der Waals surface area contributed by atoms with Crippen molar-refractivity contribution in [2.24, 2.45) is 5.92 Å². The fourth-order valence-electron chi connectivity index (χ4n) is 4.96. The summed E-state index contributed by atoms with van der Waals surface area (Å²) in [7, 11) is 3.35. The number of hydrogen-bond donors (Lipinski definition) is 1. The van der Waals surface area contributed by atoms with Crippen LogP contribution in [0.3, 0.4) is 0 Å². The molecule has 2 aromatic rings. The lowest BCUT2D eigenvalue weighted by molar-refractivity contribution is -0.152. The summed E-state index contributed by atoms with van der Waals surface area (Å²) < 4.78 is 41.4. The van der Waals surface area contributed by atoms with Crippen LogP contribution in [0.2, 0.25) is 0 Å². The number of rotatable bonds is 9. The maximum Gasteiger partial charge on any atom is 0.342 e. The molecule has 2 aliphatic rings. The van der Waals surface area contributed by atoms with Gasteiger partial charge in [0.1, 0.15) is 42.0 Å². The molecular formula is C34H43NO9. The average molecular weight is 610 g/mol. The third-order valence-corrected chi connectivity index (χ3v) is 7.36. The van der Waals surface area contributed by atoms with Gasteiger partial charge in [-0.2, -0.15) is 0 Å². The number of nitrogens with one attached hydrogen (secondary N) is 1. The lowest BCUT2D eigenvalue weighted by atomic mass is 9.98. The van der Waals surface area contributed by atoms with Crippen LogP contribution < -0.4 is 14.8 Å². The Hall–Kier alpha value is -3.70. The highest BCUT2D eigenvalue weighted by Gasteiger charge is 2.45. The Bertz CT molecular complexity index is 1320. The number of methoxy groups -OCH3 is 1. The second-order valence-electron chi connectivity index (χ2n) is 11.3. The first-order chi connectivity index (χ1) is 21.1. The molecule has 1 saturated heterocycles. The van der Waals surface area contributed by atoms with E-state index < -0.39 is 42.1 Å². The lowest BCUT2D eigenvalue weighted by Crippen LogP contribution is -2.37. The molecule has 10 heteroatoms. The molecule has 0 bridgehead atoms. The van der Waals surface area contributed by atoms with E-state index in [0.717, 1.165) is 0 Å². The minimum Gasteiger partial charge on any atom is -0.492 e. The summed E-state index contributed by atoms with van der Waals surface area (Å²) in [6.07, 6.45) is 5.44. The average Bonchev–Trinajstić information content (AvgIpc) is 3.31. The molecule has 4 rings (SSSR count). The van der Waals surface area contributed by atoms with Crippen molar-refractivity contribution in [2.45, 2.75) is 64.3 Å². The largest absolute Gasteiger partial charge is 0.492 e. The van der Waals surface area contributed by atoms with Crippen LogP contribution in [0.4, 0.5) is 0 Å². The first-order valence-electron chi connectivity index (χ1n) is 14.9. The molecule has 0 radical (unpaired) electrons. The summed E-state index contributed by atoms with van der Waals surface area (Å²) in [4.78, 5) is 26.8. The van der Waals surface area contributed by atoms with Crippen LogP contribution in [-0.4, -0.2) is 76.2 Å². The Balaban J connectivity index is 1.73. The molecule has 44 heavy (non-hydrogen) atoms. The Morgan fingerprint density at radius 3 is 2.57 bits per heavy atom. The van der Waals surface area contributed by atoms with Crippen LogP contribution in [0.1, 0.15) is 60.4 Å². The second kappa shape index (κ2) is 15.3. The van der Waals surface area contributed by atoms with Crippen molar-refractivity contribution >= 4 is 18.0 Å². The third-order valence-electron chi connectivity index (χ3n) is 7.36. The van der Waals surface area contributed by atoms with E-state index in [0.29, 0.717) is 36.4 Å². The maximum atomic E-state index is 13.7. The van der Waals surface area contributed by atoms with E-state index in [4.69, 9.17) is 33.2 Å². The molecule has 0 spiro atoms. The van der Waals surface area contributed by atoms with Gasteiger partial charge in [-0.15, -0.1) is 0 Å². The number of benzene rings is 2. The highest BCUT2D eigenvalue weighted by atomic mass is 16.8. The molecule has 2 aromatic carbocycles. The monoisotopic (exact) mass is 609 g/mol. The molecule has 0 aliphatic carbocycles. The van der Waals surface area contributed by atoms with Gasteiger partial charge in [-0.1, -0.05) is 43.4 Å². The van der Waals surface area contributed by atoms with Crippen molar-refractivity contribution in [2.75, 3.05) is 34.1 Å². The van der Waals surface area contributed by atoms with Crippen LogP contribution in [0.5, 0.6) is 11.5 Å². The Morgan fingerprint density at radius 1 is 1.07 bits per heavy atom. The lowest BCUT2D eigenvalue weighted by Gasteiger charge is -2.25. The number of hydrogen-bond acceptors (Lipinski definition) is 10. The second-order valence-corrected chi connectivity index (χ2v) is 11.3. The van der Waals surface area contributed by atoms with E-state index >= 15 is 0 Å². The Labute approximate surface area is 259 Å². The summed E-state index contributed by atoms with van der Waals surface area (Å²) in [6.45, 7) is 8.39. The number of cyclic esters (lactones) is 1. The summed E-state index contributed by atoms with van der Waals surface area (Å²) in [6, 6.07) is 12.2. The topological polar surface area (TPSA) is 111 Å². The van der Waals surface area contributed by atoms with Gasteiger partial charge in [0, 0.05) is 25.6 Å². The van der Waals surface area contributed by atoms with Crippen molar-refractivity contribution in [3.05, 3.63) is 77.4 Å². The van der Waals surface area contributed by atoms with E-state index in [2.05, 4.69) is 5.32 Å². The number of esters is 2. The molecular weight excluding hydrogens is 566 g/mol. The zero-order chi connectivity index (χ0) is 31.7. The fraction of sp³-hybridized carbons (Fsp3) is 0.471. The van der Waals surface area contributed by atoms with Gasteiger partial charge in [-0.25, -0.2) is 9.59 Å². The molecule has 2 aliphatic heterocycles. The normalized spacial score (nSPS) is 25.6. The number of carbonyl (C=O) groups is 2. The van der Waals surface area contributed by atoms with Crippen LogP contribution in [0.15, 0.2) is 60.7 Å². The Kier molecular flexibility index (Phi) is 11.6. The van der Waals surface area contributed by atoms with Crippen molar-refractivity contribution in [1.82, 2.24) is 5.32 Å². The number of carbonyl (C=O) groups excluding carboxylic acids is 2. The summed E-state index contributed by atoms with van der Waals surface area (Å²) in [5.41, 5.74) is 1.24. The fourth-order valence-corrected chi connectivity index (χ4v) is 4.96. The van der Waals surface area contributed by atoms with E-state index in [1.165, 1.54) is 7.11 Å². The predicted octanol–water partition coefficient (Wildman–Crippen LogP) is 5.17. The van der Waals surface area contributed by atoms with Gasteiger partial charge < -0.3 is 38.5 Å². The molecule has 0 saturated carbocycles. The van der Waals surface area contributed by atoms with Crippen molar-refractivity contribution in [1.29, 1.82) is 0 Å². The highest BCUT2D eigenvalue weighted by Crippen LogP contribution is 2.36. The molecule has 1 fully saturated rings. The van der Waals surface area contributed by atoms with Crippen molar-refractivity contribution in [3.8, 4) is 11.5 Å². The minimum atomic E-state index is -0.909. The van der Waals surface area contributed by atoms with Crippen molar-refractivity contribution in [3.63, 3.8) is 0 Å². The zero-order valence-corrected chi connectivity index (χ0v) is 26.2. The van der Waals surface area contributed by atoms with Gasteiger partial charge in [0.2, 0.25) is 0 Å². The molecule has 238 valence electrons. The molecule has 2 heterocycles. The van der Waals surface area contributed by atoms with Gasteiger partial charge in [0.15, 0.2) is 12.6 Å². The smallest absolute Gasteiger partial charge is 0.342 e. The first-order valence-corrected chi connectivity index (χ1v) is 14.9. The summed E-state index contributed by atoms with van der Waals surface area (Å²) >= 11 is 0. The van der Waals surface area contributed by atoms with Crippen LogP contribution in [0, 0.1) is 5.92 Å². The van der Waals surface area contributed by atoms with Crippen LogP contribution in [0.25, 0.3) is 6.08 Å². The van der Waals surface area contributed by atoms with Gasteiger partial charge in [0.25, 0.3) is 0 Å². The standard InChI is InChI=1S/C34H43NO9/c1-22-15-16-27(42-32(36)24-11-8-7-9-12-24)31-28(43-34(3,4)44-31)14-10-13-25-19-26(39-18-17-35-5)20-29(40-21-38-6)30(25)33(37)41-23(22)2/h7-13,15-16,19-20,22-23,27-28,31,35H,14,17-18,21H2,1-6H3/b13-10?,16-15-/t22-,23+,27?,28+,31-/m1/s1. The van der Waals surface area contributed by atoms with Gasteiger partial charge in [0.05, 0.1) is 11.7 Å². The quantitative estimate of drug-likeness (QED) is 0.177. The van der Waals surface area contributed by atoms with Crippen LogP contribution >= 0.6 is 0 Å². The SMILES string of the molecule is CNCCOc1cc2c(c(OCOC)c1)C(=O)O[C@@H](C)[C@H](C)/C=C\C(OC(=O)c1ccccc1)[C@H]1OC(C)(C)O[C@H]1CC=C2. The van der Waals surface area contributed by atoms with E-state index in [9.17, 15) is 9.59 Å². The van der Waals surface area contributed by atoms with Gasteiger partial charge >= 0.3 is 11.9 Å². The Morgan fingerprint density at radius 2 is 1.84 bits per heavy atom. The van der Waals surface area contributed by atoms with E-state index in [1.54, 1.807) is 42.5 Å².